The second-order valence-electron chi connectivity index (χ2n) is 6.00. The van der Waals surface area contributed by atoms with Crippen molar-refractivity contribution in [3.05, 3.63) is 53.6 Å². The molecule has 6 heteroatoms. The molecule has 2 rings (SSSR count). The van der Waals surface area contributed by atoms with Crippen molar-refractivity contribution in [2.45, 2.75) is 32.6 Å². The summed E-state index contributed by atoms with van der Waals surface area (Å²) in [5.74, 6) is -0.171. The molecule has 2 aromatic carbocycles. The molecule has 3 N–H and O–H groups in total. The highest BCUT2D eigenvalue weighted by Gasteiger charge is 2.05. The van der Waals surface area contributed by atoms with Crippen LogP contribution in [0.25, 0.3) is 0 Å². The molecule has 0 aliphatic heterocycles. The highest BCUT2D eigenvalue weighted by molar-refractivity contribution is 6.30. The van der Waals surface area contributed by atoms with Gasteiger partial charge in [0.2, 0.25) is 11.8 Å². The SMILES string of the molecule is CCCCCC(=O)Nc1cccc(NCC(=O)Nc2cccc(Cl)c2)c1. The second kappa shape index (κ2) is 10.5. The predicted octanol–water partition coefficient (Wildman–Crippen LogP) is 4.91. The van der Waals surface area contributed by atoms with E-state index in [4.69, 9.17) is 11.6 Å². The monoisotopic (exact) mass is 373 g/mol. The van der Waals surface area contributed by atoms with Crippen LogP contribution in [-0.2, 0) is 9.59 Å². The van der Waals surface area contributed by atoms with Gasteiger partial charge in [-0.15, -0.1) is 0 Å². The van der Waals surface area contributed by atoms with Gasteiger partial charge in [-0.25, -0.2) is 0 Å². The Balaban J connectivity index is 1.82. The highest BCUT2D eigenvalue weighted by atomic mass is 35.5. The van der Waals surface area contributed by atoms with Crippen molar-refractivity contribution in [3.63, 3.8) is 0 Å². The van der Waals surface area contributed by atoms with Crippen LogP contribution in [0.3, 0.4) is 0 Å². The molecule has 0 unspecified atom stereocenters. The van der Waals surface area contributed by atoms with Gasteiger partial charge in [0.25, 0.3) is 0 Å². The van der Waals surface area contributed by atoms with Crippen LogP contribution in [0.2, 0.25) is 5.02 Å². The summed E-state index contributed by atoms with van der Waals surface area (Å²) in [4.78, 5) is 23.9. The molecule has 0 heterocycles. The van der Waals surface area contributed by atoms with E-state index in [-0.39, 0.29) is 18.4 Å². The summed E-state index contributed by atoms with van der Waals surface area (Å²) in [6, 6.07) is 14.3. The standard InChI is InChI=1S/C20H24ClN3O2/c1-2-3-4-11-19(25)23-18-10-6-8-16(13-18)22-14-20(26)24-17-9-5-7-15(21)12-17/h5-10,12-13,22H,2-4,11,14H2,1H3,(H,23,25)(H,24,26). The molecule has 5 nitrogen and oxygen atoms in total. The first-order valence-corrected chi connectivity index (χ1v) is 9.14. The number of carbonyl (C=O) groups is 2. The van der Waals surface area contributed by atoms with Gasteiger partial charge in [0.1, 0.15) is 0 Å². The predicted molar refractivity (Wildman–Crippen MR) is 108 cm³/mol. The molecule has 0 fully saturated rings. The van der Waals surface area contributed by atoms with E-state index in [9.17, 15) is 9.59 Å². The summed E-state index contributed by atoms with van der Waals surface area (Å²) in [6.45, 7) is 2.22. The van der Waals surface area contributed by atoms with E-state index < -0.39 is 0 Å². The fraction of sp³-hybridized carbons (Fsp3) is 0.300. The molecule has 26 heavy (non-hydrogen) atoms. The van der Waals surface area contributed by atoms with E-state index >= 15 is 0 Å². The summed E-state index contributed by atoms with van der Waals surface area (Å²) in [5, 5.41) is 9.27. The lowest BCUT2D eigenvalue weighted by Gasteiger charge is -2.10. The molecule has 0 saturated carbocycles. The third-order valence-electron chi connectivity index (χ3n) is 3.72. The van der Waals surface area contributed by atoms with Crippen molar-refractivity contribution < 1.29 is 9.59 Å². The normalized spacial score (nSPS) is 10.2. The van der Waals surface area contributed by atoms with Gasteiger partial charge in [0.05, 0.1) is 6.54 Å². The molecule has 0 radical (unpaired) electrons. The fourth-order valence-corrected chi connectivity index (χ4v) is 2.61. The first-order chi connectivity index (χ1) is 12.6. The molecule has 0 atom stereocenters. The Bertz CT molecular complexity index is 749. The molecule has 138 valence electrons. The van der Waals surface area contributed by atoms with Gasteiger partial charge in [0.15, 0.2) is 0 Å². The van der Waals surface area contributed by atoms with E-state index in [0.29, 0.717) is 22.8 Å². The van der Waals surface area contributed by atoms with Gasteiger partial charge in [0, 0.05) is 28.5 Å². The Kier molecular flexibility index (Phi) is 7.96. The lowest BCUT2D eigenvalue weighted by Crippen LogP contribution is -2.21. The maximum absolute atomic E-state index is 12.0. The Morgan fingerprint density at radius 1 is 0.885 bits per heavy atom. The molecule has 0 aliphatic rings. The quantitative estimate of drug-likeness (QED) is 0.547. The number of carbonyl (C=O) groups excluding carboxylic acids is 2. The van der Waals surface area contributed by atoms with Crippen molar-refractivity contribution in [2.24, 2.45) is 0 Å². The topological polar surface area (TPSA) is 70.2 Å². The fourth-order valence-electron chi connectivity index (χ4n) is 2.42. The summed E-state index contributed by atoms with van der Waals surface area (Å²) < 4.78 is 0. The number of rotatable bonds is 9. The van der Waals surface area contributed by atoms with E-state index in [0.717, 1.165) is 24.9 Å². The van der Waals surface area contributed by atoms with E-state index in [1.807, 2.05) is 24.3 Å². The van der Waals surface area contributed by atoms with E-state index in [1.165, 1.54) is 0 Å². The Labute approximate surface area is 159 Å². The van der Waals surface area contributed by atoms with E-state index in [1.54, 1.807) is 24.3 Å². The number of nitrogens with one attached hydrogen (secondary N) is 3. The number of unbranched alkanes of at least 4 members (excludes halogenated alkanes) is 2. The van der Waals surface area contributed by atoms with Gasteiger partial charge >= 0.3 is 0 Å². The smallest absolute Gasteiger partial charge is 0.243 e. The van der Waals surface area contributed by atoms with Crippen LogP contribution in [0, 0.1) is 0 Å². The minimum atomic E-state index is -0.179. The van der Waals surface area contributed by atoms with Crippen LogP contribution in [0.1, 0.15) is 32.6 Å². The maximum atomic E-state index is 12.0. The van der Waals surface area contributed by atoms with Crippen molar-refractivity contribution in [3.8, 4) is 0 Å². The van der Waals surface area contributed by atoms with Crippen molar-refractivity contribution in [1.82, 2.24) is 0 Å². The zero-order chi connectivity index (χ0) is 18.8. The van der Waals surface area contributed by atoms with Gasteiger partial charge in [-0.2, -0.15) is 0 Å². The molecular formula is C20H24ClN3O2. The van der Waals surface area contributed by atoms with Gasteiger partial charge in [-0.3, -0.25) is 9.59 Å². The number of amides is 2. The zero-order valence-electron chi connectivity index (χ0n) is 14.8. The Hall–Kier alpha value is -2.53. The zero-order valence-corrected chi connectivity index (χ0v) is 15.6. The molecule has 0 aliphatic carbocycles. The van der Waals surface area contributed by atoms with Crippen LogP contribution < -0.4 is 16.0 Å². The highest BCUT2D eigenvalue weighted by Crippen LogP contribution is 2.17. The van der Waals surface area contributed by atoms with Crippen molar-refractivity contribution in [2.75, 3.05) is 22.5 Å². The van der Waals surface area contributed by atoms with Crippen LogP contribution in [0.4, 0.5) is 17.1 Å². The maximum Gasteiger partial charge on any atom is 0.243 e. The lowest BCUT2D eigenvalue weighted by atomic mass is 10.2. The number of hydrogen-bond donors (Lipinski definition) is 3. The largest absolute Gasteiger partial charge is 0.376 e. The van der Waals surface area contributed by atoms with Crippen molar-refractivity contribution >= 4 is 40.5 Å². The molecule has 0 bridgehead atoms. The first-order valence-electron chi connectivity index (χ1n) is 8.76. The molecule has 0 aromatic heterocycles. The summed E-state index contributed by atoms with van der Waals surface area (Å²) in [7, 11) is 0. The second-order valence-corrected chi connectivity index (χ2v) is 6.43. The summed E-state index contributed by atoms with van der Waals surface area (Å²) >= 11 is 5.90. The Morgan fingerprint density at radius 2 is 1.54 bits per heavy atom. The number of halogens is 1. The first kappa shape index (κ1) is 19.8. The number of benzene rings is 2. The average molecular weight is 374 g/mol. The van der Waals surface area contributed by atoms with Crippen LogP contribution in [0.15, 0.2) is 48.5 Å². The molecule has 2 aromatic rings. The third kappa shape index (κ3) is 7.15. The molecule has 0 spiro atoms. The van der Waals surface area contributed by atoms with Gasteiger partial charge in [-0.05, 0) is 42.8 Å². The van der Waals surface area contributed by atoms with Gasteiger partial charge in [-0.1, -0.05) is 43.5 Å². The third-order valence-corrected chi connectivity index (χ3v) is 3.95. The van der Waals surface area contributed by atoms with Gasteiger partial charge < -0.3 is 16.0 Å². The van der Waals surface area contributed by atoms with E-state index in [2.05, 4.69) is 22.9 Å². The molecular weight excluding hydrogens is 350 g/mol. The number of hydrogen-bond acceptors (Lipinski definition) is 3. The van der Waals surface area contributed by atoms with Crippen LogP contribution in [-0.4, -0.2) is 18.4 Å². The summed E-state index contributed by atoms with van der Waals surface area (Å²) in [5.41, 5.74) is 2.13. The molecule has 0 saturated heterocycles. The lowest BCUT2D eigenvalue weighted by molar-refractivity contribution is -0.116. The van der Waals surface area contributed by atoms with Crippen LogP contribution >= 0.6 is 11.6 Å². The van der Waals surface area contributed by atoms with Crippen molar-refractivity contribution in [1.29, 1.82) is 0 Å². The minimum absolute atomic E-state index is 0.00861. The minimum Gasteiger partial charge on any atom is -0.376 e. The number of anilines is 3. The van der Waals surface area contributed by atoms with Crippen LogP contribution in [0.5, 0.6) is 0 Å². The average Bonchev–Trinajstić information content (AvgIpc) is 2.60. The molecule has 2 amide bonds. The summed E-state index contributed by atoms with van der Waals surface area (Å²) in [6.07, 6.45) is 3.55. The Morgan fingerprint density at radius 3 is 2.27 bits per heavy atom.